The number of phenols is 1. The van der Waals surface area contributed by atoms with E-state index in [-0.39, 0.29) is 0 Å². The number of furan rings is 1. The first-order valence-electron chi connectivity index (χ1n) is 6.70. The first-order valence-corrected chi connectivity index (χ1v) is 6.70. The molecule has 20 heavy (non-hydrogen) atoms. The van der Waals surface area contributed by atoms with Gasteiger partial charge in [-0.05, 0) is 19.1 Å². The molecule has 0 spiro atoms. The van der Waals surface area contributed by atoms with E-state index in [0.29, 0.717) is 12.3 Å². The van der Waals surface area contributed by atoms with Crippen LogP contribution in [-0.4, -0.2) is 5.11 Å². The normalized spacial score (nSPS) is 11.1. The Hall–Kier alpha value is -2.26. The van der Waals surface area contributed by atoms with Crippen molar-refractivity contribution < 1.29 is 9.52 Å². The summed E-state index contributed by atoms with van der Waals surface area (Å²) in [6.07, 6.45) is 0. The third-order valence-electron chi connectivity index (χ3n) is 3.51. The van der Waals surface area contributed by atoms with Crippen molar-refractivity contribution in [1.82, 2.24) is 5.32 Å². The molecule has 0 aliphatic rings. The van der Waals surface area contributed by atoms with E-state index in [1.807, 2.05) is 43.3 Å². The van der Waals surface area contributed by atoms with Crippen LogP contribution in [0.3, 0.4) is 0 Å². The molecule has 0 radical (unpaired) electrons. The smallest absolute Gasteiger partial charge is 0.134 e. The SMILES string of the molecule is Cc1oc2ccccc2c1CNCc1ccccc1O. The van der Waals surface area contributed by atoms with Crippen LogP contribution in [0.2, 0.25) is 0 Å². The van der Waals surface area contributed by atoms with Gasteiger partial charge in [0.25, 0.3) is 0 Å². The van der Waals surface area contributed by atoms with Gasteiger partial charge in [-0.3, -0.25) is 0 Å². The lowest BCUT2D eigenvalue weighted by Crippen LogP contribution is -2.13. The average molecular weight is 267 g/mol. The van der Waals surface area contributed by atoms with Crippen LogP contribution >= 0.6 is 0 Å². The molecule has 3 nitrogen and oxygen atoms in total. The summed E-state index contributed by atoms with van der Waals surface area (Å²) < 4.78 is 5.74. The van der Waals surface area contributed by atoms with E-state index in [1.54, 1.807) is 6.07 Å². The summed E-state index contributed by atoms with van der Waals surface area (Å²) in [6.45, 7) is 3.33. The number of phenolic OH excluding ortho intramolecular Hbond substituents is 1. The Kier molecular flexibility index (Phi) is 3.44. The van der Waals surface area contributed by atoms with Gasteiger partial charge in [-0.1, -0.05) is 36.4 Å². The van der Waals surface area contributed by atoms with E-state index >= 15 is 0 Å². The fourth-order valence-electron chi connectivity index (χ4n) is 2.42. The first kappa shape index (κ1) is 12.8. The highest BCUT2D eigenvalue weighted by Crippen LogP contribution is 2.25. The Labute approximate surface area is 117 Å². The van der Waals surface area contributed by atoms with E-state index in [2.05, 4.69) is 11.4 Å². The van der Waals surface area contributed by atoms with Crippen LogP contribution in [0, 0.1) is 6.92 Å². The van der Waals surface area contributed by atoms with Crippen molar-refractivity contribution in [2.75, 3.05) is 0 Å². The second-order valence-corrected chi connectivity index (χ2v) is 4.87. The molecule has 0 bridgehead atoms. The predicted molar refractivity (Wildman–Crippen MR) is 79.6 cm³/mol. The molecule has 0 saturated carbocycles. The van der Waals surface area contributed by atoms with Crippen LogP contribution in [0.1, 0.15) is 16.9 Å². The van der Waals surface area contributed by atoms with Gasteiger partial charge in [-0.2, -0.15) is 0 Å². The molecule has 3 heteroatoms. The largest absolute Gasteiger partial charge is 0.508 e. The number of hydrogen-bond donors (Lipinski definition) is 2. The van der Waals surface area contributed by atoms with E-state index < -0.39 is 0 Å². The van der Waals surface area contributed by atoms with Gasteiger partial charge in [-0.15, -0.1) is 0 Å². The van der Waals surface area contributed by atoms with E-state index in [1.165, 1.54) is 5.56 Å². The van der Waals surface area contributed by atoms with Crippen LogP contribution in [0.15, 0.2) is 52.9 Å². The van der Waals surface area contributed by atoms with Crippen LogP contribution in [0.25, 0.3) is 11.0 Å². The monoisotopic (exact) mass is 267 g/mol. The Bertz CT molecular complexity index is 731. The van der Waals surface area contributed by atoms with Crippen molar-refractivity contribution in [3.8, 4) is 5.75 Å². The van der Waals surface area contributed by atoms with Crippen molar-refractivity contribution in [2.24, 2.45) is 0 Å². The van der Waals surface area contributed by atoms with Gasteiger partial charge in [0, 0.05) is 29.6 Å². The number of aromatic hydroxyl groups is 1. The Morgan fingerprint density at radius 3 is 2.60 bits per heavy atom. The molecule has 3 rings (SSSR count). The molecule has 0 aliphatic heterocycles. The maximum Gasteiger partial charge on any atom is 0.134 e. The summed E-state index contributed by atoms with van der Waals surface area (Å²) in [5.74, 6) is 1.27. The highest BCUT2D eigenvalue weighted by molar-refractivity contribution is 5.82. The quantitative estimate of drug-likeness (QED) is 0.757. The molecule has 0 aliphatic carbocycles. The number of hydrogen-bond acceptors (Lipinski definition) is 3. The van der Waals surface area contributed by atoms with Gasteiger partial charge in [0.05, 0.1) is 0 Å². The lowest BCUT2D eigenvalue weighted by molar-refractivity contribution is 0.464. The zero-order chi connectivity index (χ0) is 13.9. The van der Waals surface area contributed by atoms with Gasteiger partial charge in [-0.25, -0.2) is 0 Å². The molecule has 0 saturated heterocycles. The Morgan fingerprint density at radius 1 is 1.00 bits per heavy atom. The van der Waals surface area contributed by atoms with Crippen LogP contribution in [-0.2, 0) is 13.1 Å². The fraction of sp³-hybridized carbons (Fsp3) is 0.176. The summed E-state index contributed by atoms with van der Waals surface area (Å²) in [6, 6.07) is 15.4. The predicted octanol–water partition coefficient (Wildman–Crippen LogP) is 3.74. The van der Waals surface area contributed by atoms with Crippen molar-refractivity contribution in [1.29, 1.82) is 0 Å². The van der Waals surface area contributed by atoms with Crippen LogP contribution in [0.4, 0.5) is 0 Å². The topological polar surface area (TPSA) is 45.4 Å². The minimum absolute atomic E-state index is 0.328. The molecule has 1 heterocycles. The van der Waals surface area contributed by atoms with Crippen molar-refractivity contribution >= 4 is 11.0 Å². The third-order valence-corrected chi connectivity index (χ3v) is 3.51. The Balaban J connectivity index is 1.74. The molecule has 0 fully saturated rings. The highest BCUT2D eigenvalue weighted by atomic mass is 16.3. The number of fused-ring (bicyclic) bond motifs is 1. The fourth-order valence-corrected chi connectivity index (χ4v) is 2.42. The zero-order valence-corrected chi connectivity index (χ0v) is 11.4. The third kappa shape index (κ3) is 2.40. The summed E-state index contributed by atoms with van der Waals surface area (Å²) in [5, 5.41) is 14.2. The number of nitrogens with one attached hydrogen (secondary N) is 1. The Morgan fingerprint density at radius 2 is 1.75 bits per heavy atom. The van der Waals surface area contributed by atoms with Gasteiger partial charge in [0.15, 0.2) is 0 Å². The molecular weight excluding hydrogens is 250 g/mol. The molecule has 2 aromatic carbocycles. The first-order chi connectivity index (χ1) is 9.75. The summed E-state index contributed by atoms with van der Waals surface area (Å²) in [5.41, 5.74) is 3.00. The van der Waals surface area contributed by atoms with E-state index in [4.69, 9.17) is 4.42 Å². The summed E-state index contributed by atoms with van der Waals surface area (Å²) >= 11 is 0. The molecule has 3 aromatic rings. The maximum absolute atomic E-state index is 9.74. The molecule has 2 N–H and O–H groups in total. The van der Waals surface area contributed by atoms with Crippen LogP contribution in [0.5, 0.6) is 5.75 Å². The lowest BCUT2D eigenvalue weighted by atomic mass is 10.1. The number of benzene rings is 2. The summed E-state index contributed by atoms with van der Waals surface area (Å²) in [4.78, 5) is 0. The van der Waals surface area contributed by atoms with E-state index in [9.17, 15) is 5.11 Å². The molecule has 0 amide bonds. The van der Waals surface area contributed by atoms with Gasteiger partial charge >= 0.3 is 0 Å². The summed E-state index contributed by atoms with van der Waals surface area (Å²) in [7, 11) is 0. The zero-order valence-electron chi connectivity index (χ0n) is 11.4. The van der Waals surface area contributed by atoms with Gasteiger partial charge in [0.2, 0.25) is 0 Å². The molecule has 1 aromatic heterocycles. The minimum Gasteiger partial charge on any atom is -0.508 e. The second-order valence-electron chi connectivity index (χ2n) is 4.87. The number of aryl methyl sites for hydroxylation is 1. The van der Waals surface area contributed by atoms with Crippen molar-refractivity contribution in [2.45, 2.75) is 20.0 Å². The minimum atomic E-state index is 0.328. The van der Waals surface area contributed by atoms with Crippen molar-refractivity contribution in [3.63, 3.8) is 0 Å². The van der Waals surface area contributed by atoms with Crippen molar-refractivity contribution in [3.05, 3.63) is 65.4 Å². The van der Waals surface area contributed by atoms with Crippen LogP contribution < -0.4 is 5.32 Å². The number of rotatable bonds is 4. The molecule has 0 atom stereocenters. The van der Waals surface area contributed by atoms with Gasteiger partial charge in [0.1, 0.15) is 17.1 Å². The molecular formula is C17H17NO2. The molecule has 0 unspecified atom stereocenters. The second kappa shape index (κ2) is 5.39. The maximum atomic E-state index is 9.74. The average Bonchev–Trinajstić information content (AvgIpc) is 2.77. The van der Waals surface area contributed by atoms with E-state index in [0.717, 1.165) is 28.8 Å². The standard InChI is InChI=1S/C17H17NO2/c1-12-15(14-7-3-5-9-17(14)20-12)11-18-10-13-6-2-4-8-16(13)19/h2-9,18-19H,10-11H2,1H3. The lowest BCUT2D eigenvalue weighted by Gasteiger charge is -2.06. The van der Waals surface area contributed by atoms with Gasteiger partial charge < -0.3 is 14.8 Å². The molecule has 102 valence electrons. The highest BCUT2D eigenvalue weighted by Gasteiger charge is 2.09. The number of para-hydroxylation sites is 2.